The molecule has 6 aromatic rings. The third-order valence-corrected chi connectivity index (χ3v) is 9.10. The molecule has 1 unspecified atom stereocenters. The molecular formula is C39H33N3O4S. The van der Waals surface area contributed by atoms with Gasteiger partial charge in [-0.3, -0.25) is 19.0 Å². The minimum Gasteiger partial charge on any atom is -0.497 e. The van der Waals surface area contributed by atoms with Crippen molar-refractivity contribution in [1.82, 2.24) is 9.88 Å². The molecular weight excluding hydrogens is 607 g/mol. The first-order chi connectivity index (χ1) is 22.9. The Morgan fingerprint density at radius 1 is 0.787 bits per heavy atom. The number of hydrogen-bond acceptors (Lipinski definition) is 5. The van der Waals surface area contributed by atoms with Crippen LogP contribution in [0.2, 0.25) is 0 Å². The first-order valence-electron chi connectivity index (χ1n) is 15.3. The average molecular weight is 640 g/mol. The maximum Gasteiger partial charge on any atom is 0.272 e. The van der Waals surface area contributed by atoms with E-state index in [-0.39, 0.29) is 16.9 Å². The summed E-state index contributed by atoms with van der Waals surface area (Å²) in [5.41, 5.74) is 3.47. The molecule has 0 saturated heterocycles. The van der Waals surface area contributed by atoms with Crippen LogP contribution in [0.3, 0.4) is 0 Å². The summed E-state index contributed by atoms with van der Waals surface area (Å²) in [6.07, 6.45) is 2.22. The molecule has 0 radical (unpaired) electrons. The van der Waals surface area contributed by atoms with Crippen LogP contribution >= 0.6 is 11.8 Å². The van der Waals surface area contributed by atoms with Gasteiger partial charge >= 0.3 is 0 Å². The lowest BCUT2D eigenvalue weighted by Gasteiger charge is -2.17. The fourth-order valence-corrected chi connectivity index (χ4v) is 6.52. The van der Waals surface area contributed by atoms with Crippen molar-refractivity contribution in [2.24, 2.45) is 0 Å². The van der Waals surface area contributed by atoms with Gasteiger partial charge in [0.15, 0.2) is 0 Å². The lowest BCUT2D eigenvalue weighted by molar-refractivity contribution is -0.113. The fourth-order valence-electron chi connectivity index (χ4n) is 5.46. The molecule has 5 aromatic carbocycles. The highest BCUT2D eigenvalue weighted by molar-refractivity contribution is 8.00. The Bertz CT molecular complexity index is 2070. The Kier molecular flexibility index (Phi) is 9.50. The molecule has 0 aliphatic rings. The number of para-hydroxylation sites is 2. The molecule has 0 spiro atoms. The molecule has 0 saturated carbocycles. The van der Waals surface area contributed by atoms with Crippen LogP contribution in [0.15, 0.2) is 138 Å². The van der Waals surface area contributed by atoms with Crippen LogP contribution in [0.4, 0.5) is 5.69 Å². The zero-order valence-corrected chi connectivity index (χ0v) is 26.8. The Labute approximate surface area is 277 Å². The molecule has 1 aromatic heterocycles. The standard InChI is InChI=1S/C39H33N3O4S/c1-3-36(39(45)42-34-21-9-7-19-31(34)32-20-8-10-22-35(32)42)47-30-18-12-16-28(25-30)40-38(44)33(24-26-13-11-17-29(23-26)46-2)41-37(43)27-14-5-4-6-15-27/h4-25,36H,3H2,1-2H3,(H,40,44)(H,41,43)/b33-24+. The second-order valence-corrected chi connectivity index (χ2v) is 12.1. The van der Waals surface area contributed by atoms with Crippen molar-refractivity contribution in [3.05, 3.63) is 144 Å². The van der Waals surface area contributed by atoms with Gasteiger partial charge in [-0.2, -0.15) is 0 Å². The summed E-state index contributed by atoms with van der Waals surface area (Å²) in [5.74, 6) is -0.281. The fraction of sp³-hybridized carbons (Fsp3) is 0.103. The van der Waals surface area contributed by atoms with E-state index in [1.54, 1.807) is 55.7 Å². The van der Waals surface area contributed by atoms with Crippen LogP contribution < -0.4 is 15.4 Å². The lowest BCUT2D eigenvalue weighted by Crippen LogP contribution is -2.30. The van der Waals surface area contributed by atoms with Crippen molar-refractivity contribution in [3.63, 3.8) is 0 Å². The van der Waals surface area contributed by atoms with E-state index in [0.717, 1.165) is 26.7 Å². The highest BCUT2D eigenvalue weighted by Gasteiger charge is 2.24. The van der Waals surface area contributed by atoms with E-state index in [9.17, 15) is 14.4 Å². The van der Waals surface area contributed by atoms with E-state index in [1.165, 1.54) is 11.8 Å². The Balaban J connectivity index is 1.25. The summed E-state index contributed by atoms with van der Waals surface area (Å²) in [6, 6.07) is 39.2. The van der Waals surface area contributed by atoms with Crippen molar-refractivity contribution in [1.29, 1.82) is 0 Å². The summed E-state index contributed by atoms with van der Waals surface area (Å²) < 4.78 is 7.16. The van der Waals surface area contributed by atoms with Crippen molar-refractivity contribution in [3.8, 4) is 5.75 Å². The molecule has 1 heterocycles. The first-order valence-corrected chi connectivity index (χ1v) is 16.2. The third-order valence-electron chi connectivity index (χ3n) is 7.75. The maximum atomic E-state index is 14.1. The van der Waals surface area contributed by atoms with Gasteiger partial charge in [0.05, 0.1) is 23.4 Å². The number of methoxy groups -OCH3 is 1. The molecule has 0 bridgehead atoms. The van der Waals surface area contributed by atoms with Crippen molar-refractivity contribution in [2.75, 3.05) is 12.4 Å². The third kappa shape index (κ3) is 6.98. The van der Waals surface area contributed by atoms with Gasteiger partial charge in [0, 0.05) is 26.9 Å². The van der Waals surface area contributed by atoms with E-state index >= 15 is 0 Å². The largest absolute Gasteiger partial charge is 0.497 e. The number of carbonyl (C=O) groups excluding carboxylic acids is 3. The van der Waals surface area contributed by atoms with Crippen LogP contribution in [0.1, 0.15) is 34.1 Å². The molecule has 8 heteroatoms. The highest BCUT2D eigenvalue weighted by atomic mass is 32.2. The molecule has 2 N–H and O–H groups in total. The van der Waals surface area contributed by atoms with Gasteiger partial charge in [0.2, 0.25) is 5.91 Å². The predicted octanol–water partition coefficient (Wildman–Crippen LogP) is 8.42. The van der Waals surface area contributed by atoms with Crippen LogP contribution in [0, 0.1) is 0 Å². The van der Waals surface area contributed by atoms with Crippen LogP contribution in [-0.2, 0) is 4.79 Å². The van der Waals surface area contributed by atoms with E-state index in [1.807, 2.05) is 96.4 Å². The number of carbonyl (C=O) groups is 3. The molecule has 7 nitrogen and oxygen atoms in total. The number of nitrogens with zero attached hydrogens (tertiary/aromatic N) is 1. The summed E-state index contributed by atoms with van der Waals surface area (Å²) in [7, 11) is 1.57. The van der Waals surface area contributed by atoms with Gasteiger partial charge in [-0.15, -0.1) is 11.8 Å². The van der Waals surface area contributed by atoms with E-state index < -0.39 is 11.8 Å². The van der Waals surface area contributed by atoms with Gasteiger partial charge in [-0.1, -0.05) is 79.7 Å². The molecule has 2 amide bonds. The Morgan fingerprint density at radius 3 is 2.13 bits per heavy atom. The van der Waals surface area contributed by atoms with Gasteiger partial charge < -0.3 is 15.4 Å². The van der Waals surface area contributed by atoms with Gasteiger partial charge in [0.25, 0.3) is 11.8 Å². The summed E-state index contributed by atoms with van der Waals surface area (Å²) in [4.78, 5) is 41.6. The second-order valence-electron chi connectivity index (χ2n) is 10.9. The van der Waals surface area contributed by atoms with Gasteiger partial charge in [-0.05, 0) is 72.7 Å². The summed E-state index contributed by atoms with van der Waals surface area (Å²) in [6.45, 7) is 2.00. The maximum absolute atomic E-state index is 14.1. The van der Waals surface area contributed by atoms with Crippen molar-refractivity contribution in [2.45, 2.75) is 23.5 Å². The first kappa shape index (κ1) is 31.4. The normalized spacial score (nSPS) is 12.1. The van der Waals surface area contributed by atoms with Crippen LogP contribution in [-0.4, -0.2) is 34.6 Å². The number of benzene rings is 5. The minimum atomic E-state index is -0.493. The molecule has 0 aliphatic carbocycles. The molecule has 47 heavy (non-hydrogen) atoms. The monoisotopic (exact) mass is 639 g/mol. The van der Waals surface area contributed by atoms with Gasteiger partial charge in [-0.25, -0.2) is 0 Å². The smallest absolute Gasteiger partial charge is 0.272 e. The highest BCUT2D eigenvalue weighted by Crippen LogP contribution is 2.33. The number of ether oxygens (including phenoxy) is 1. The van der Waals surface area contributed by atoms with E-state index in [0.29, 0.717) is 29.0 Å². The number of thioether (sulfide) groups is 1. The predicted molar refractivity (Wildman–Crippen MR) is 190 cm³/mol. The average Bonchev–Trinajstić information content (AvgIpc) is 3.45. The molecule has 0 fully saturated rings. The van der Waals surface area contributed by atoms with E-state index in [4.69, 9.17) is 4.74 Å². The Morgan fingerprint density at radius 2 is 1.45 bits per heavy atom. The minimum absolute atomic E-state index is 0.00327. The zero-order valence-electron chi connectivity index (χ0n) is 26.0. The number of fused-ring (bicyclic) bond motifs is 3. The zero-order chi connectivity index (χ0) is 32.8. The number of anilines is 1. The van der Waals surface area contributed by atoms with Crippen molar-refractivity contribution >= 4 is 63.1 Å². The molecule has 6 rings (SSSR count). The number of rotatable bonds is 10. The topological polar surface area (TPSA) is 89.4 Å². The van der Waals surface area contributed by atoms with Gasteiger partial charge in [0.1, 0.15) is 11.4 Å². The molecule has 0 aliphatic heterocycles. The lowest BCUT2D eigenvalue weighted by atomic mass is 10.1. The number of aromatic nitrogens is 1. The van der Waals surface area contributed by atoms with Crippen molar-refractivity contribution < 1.29 is 19.1 Å². The summed E-state index contributed by atoms with van der Waals surface area (Å²) >= 11 is 1.46. The molecule has 234 valence electrons. The second kappa shape index (κ2) is 14.2. The quantitative estimate of drug-likeness (QED) is 0.116. The number of hydrogen-bond donors (Lipinski definition) is 2. The summed E-state index contributed by atoms with van der Waals surface area (Å²) in [5, 5.41) is 7.41. The Hall–Kier alpha value is -5.60. The SMILES string of the molecule is CCC(Sc1cccc(NC(=O)/C(=C\c2cccc(OC)c2)NC(=O)c2ccccc2)c1)C(=O)n1c2ccccc2c2ccccc21. The number of nitrogens with one attached hydrogen (secondary N) is 2. The van der Waals surface area contributed by atoms with E-state index in [2.05, 4.69) is 10.6 Å². The van der Waals surface area contributed by atoms with Crippen LogP contribution in [0.25, 0.3) is 27.9 Å². The molecule has 1 atom stereocenters. The number of amides is 2. The van der Waals surface area contributed by atoms with Crippen LogP contribution in [0.5, 0.6) is 5.75 Å².